The SMILES string of the molecule is Br.CCOc1ccc(CC(=O)n2c3c(sc2=N)CCCC3)cc1[N+](=O)[O-]. The van der Waals surface area contributed by atoms with Gasteiger partial charge in [-0.15, -0.1) is 28.3 Å². The summed E-state index contributed by atoms with van der Waals surface area (Å²) in [7, 11) is 0. The zero-order valence-electron chi connectivity index (χ0n) is 14.3. The number of ether oxygens (including phenoxy) is 1. The van der Waals surface area contributed by atoms with Crippen molar-refractivity contribution in [3.8, 4) is 5.75 Å². The highest BCUT2D eigenvalue weighted by Gasteiger charge is 2.22. The van der Waals surface area contributed by atoms with E-state index in [1.807, 2.05) is 0 Å². The van der Waals surface area contributed by atoms with Gasteiger partial charge in [0.2, 0.25) is 5.91 Å². The molecule has 1 aliphatic rings. The fourth-order valence-corrected chi connectivity index (χ4v) is 4.20. The molecule has 0 bridgehead atoms. The molecule has 0 saturated carbocycles. The molecule has 0 spiro atoms. The lowest BCUT2D eigenvalue weighted by molar-refractivity contribution is -0.385. The molecule has 0 aliphatic heterocycles. The first-order valence-corrected chi connectivity index (χ1v) is 9.04. The lowest BCUT2D eigenvalue weighted by atomic mass is 10.0. The van der Waals surface area contributed by atoms with Crippen molar-refractivity contribution in [3.63, 3.8) is 0 Å². The van der Waals surface area contributed by atoms with Crippen molar-refractivity contribution in [3.05, 3.63) is 49.2 Å². The lowest BCUT2D eigenvalue weighted by Crippen LogP contribution is -2.26. The number of halogens is 1. The van der Waals surface area contributed by atoms with Crippen LogP contribution in [-0.4, -0.2) is 22.0 Å². The number of nitrogens with zero attached hydrogens (tertiary/aromatic N) is 2. The minimum absolute atomic E-state index is 0. The molecular formula is C17H20BrN3O4S. The number of nitro benzene ring substituents is 1. The predicted octanol–water partition coefficient (Wildman–Crippen LogP) is 3.68. The number of carbonyl (C=O) groups excluding carboxylic acids is 1. The summed E-state index contributed by atoms with van der Waals surface area (Å²) in [5.74, 6) is -0.0201. The Morgan fingerprint density at radius 1 is 1.38 bits per heavy atom. The van der Waals surface area contributed by atoms with Crippen LogP contribution in [0.1, 0.15) is 40.7 Å². The highest BCUT2D eigenvalue weighted by atomic mass is 79.9. The second-order valence-electron chi connectivity index (χ2n) is 5.88. The van der Waals surface area contributed by atoms with Crippen LogP contribution < -0.4 is 9.54 Å². The van der Waals surface area contributed by atoms with Gasteiger partial charge < -0.3 is 4.74 Å². The van der Waals surface area contributed by atoms with Crippen molar-refractivity contribution in [2.24, 2.45) is 0 Å². The van der Waals surface area contributed by atoms with Gasteiger partial charge in [-0.1, -0.05) is 6.07 Å². The molecule has 0 atom stereocenters. The number of aryl methyl sites for hydroxylation is 1. The van der Waals surface area contributed by atoms with E-state index in [1.54, 1.807) is 13.0 Å². The fourth-order valence-electron chi connectivity index (χ4n) is 3.10. The number of rotatable bonds is 5. The van der Waals surface area contributed by atoms with E-state index in [1.165, 1.54) is 28.0 Å². The maximum Gasteiger partial charge on any atom is 0.311 e. The van der Waals surface area contributed by atoms with Gasteiger partial charge in [0, 0.05) is 16.6 Å². The number of fused-ring (bicyclic) bond motifs is 1. The maximum atomic E-state index is 12.7. The van der Waals surface area contributed by atoms with Crippen LogP contribution in [0.25, 0.3) is 0 Å². The second-order valence-corrected chi connectivity index (χ2v) is 6.97. The van der Waals surface area contributed by atoms with E-state index in [-0.39, 0.29) is 45.5 Å². The van der Waals surface area contributed by atoms with Crippen LogP contribution in [-0.2, 0) is 19.3 Å². The van der Waals surface area contributed by atoms with Crippen molar-refractivity contribution in [1.29, 1.82) is 5.41 Å². The number of hydrogen-bond acceptors (Lipinski definition) is 6. The molecule has 3 rings (SSSR count). The highest BCUT2D eigenvalue weighted by molar-refractivity contribution is 8.93. The molecule has 0 saturated heterocycles. The predicted molar refractivity (Wildman–Crippen MR) is 104 cm³/mol. The molecule has 0 amide bonds. The summed E-state index contributed by atoms with van der Waals surface area (Å²) < 4.78 is 6.74. The summed E-state index contributed by atoms with van der Waals surface area (Å²) >= 11 is 1.35. The quantitative estimate of drug-likeness (QED) is 0.564. The van der Waals surface area contributed by atoms with Gasteiger partial charge in [0.25, 0.3) is 0 Å². The second kappa shape index (κ2) is 8.59. The Morgan fingerprint density at radius 3 is 2.81 bits per heavy atom. The number of carbonyl (C=O) groups is 1. The van der Waals surface area contributed by atoms with Gasteiger partial charge in [-0.05, 0) is 44.2 Å². The van der Waals surface area contributed by atoms with Crippen LogP contribution in [0.2, 0.25) is 0 Å². The van der Waals surface area contributed by atoms with Crippen LogP contribution in [0.5, 0.6) is 5.75 Å². The Morgan fingerprint density at radius 2 is 2.12 bits per heavy atom. The van der Waals surface area contributed by atoms with Crippen molar-refractivity contribution in [1.82, 2.24) is 4.57 Å². The van der Waals surface area contributed by atoms with E-state index in [9.17, 15) is 14.9 Å². The molecule has 0 radical (unpaired) electrons. The standard InChI is InChI=1S/C17H19N3O4S.BrH/c1-2-24-14-8-7-11(9-13(14)20(22)23)10-16(21)19-12-5-3-4-6-15(12)25-17(19)18;/h7-9,18H,2-6,10H2,1H3;1H. The summed E-state index contributed by atoms with van der Waals surface area (Å²) in [6.45, 7) is 2.09. The molecule has 1 aromatic carbocycles. The topological polar surface area (TPSA) is 98.2 Å². The first-order valence-electron chi connectivity index (χ1n) is 8.22. The van der Waals surface area contributed by atoms with Crippen LogP contribution in [0.4, 0.5) is 5.69 Å². The van der Waals surface area contributed by atoms with Gasteiger partial charge in [0.05, 0.1) is 18.0 Å². The number of aromatic nitrogens is 1. The van der Waals surface area contributed by atoms with Gasteiger partial charge in [0.1, 0.15) is 0 Å². The van der Waals surface area contributed by atoms with E-state index >= 15 is 0 Å². The van der Waals surface area contributed by atoms with Gasteiger partial charge in [-0.2, -0.15) is 0 Å². The van der Waals surface area contributed by atoms with Gasteiger partial charge in [-0.25, -0.2) is 0 Å². The number of hydrogen-bond donors (Lipinski definition) is 1. The van der Waals surface area contributed by atoms with Gasteiger partial charge >= 0.3 is 5.69 Å². The third-order valence-corrected chi connectivity index (χ3v) is 5.27. The molecule has 1 heterocycles. The molecule has 2 aromatic rings. The van der Waals surface area contributed by atoms with Crippen molar-refractivity contribution >= 4 is 39.9 Å². The van der Waals surface area contributed by atoms with Crippen LogP contribution in [0.15, 0.2) is 18.2 Å². The smallest absolute Gasteiger partial charge is 0.311 e. The fraction of sp³-hybridized carbons (Fsp3) is 0.412. The molecule has 26 heavy (non-hydrogen) atoms. The molecule has 7 nitrogen and oxygen atoms in total. The summed E-state index contributed by atoms with van der Waals surface area (Å²) in [4.78, 5) is 24.8. The minimum Gasteiger partial charge on any atom is -0.487 e. The average molecular weight is 442 g/mol. The third-order valence-electron chi connectivity index (χ3n) is 4.21. The monoisotopic (exact) mass is 441 g/mol. The number of thiazole rings is 1. The summed E-state index contributed by atoms with van der Waals surface area (Å²) in [5, 5.41) is 19.3. The minimum atomic E-state index is -0.505. The molecule has 0 fully saturated rings. The molecule has 1 aliphatic carbocycles. The Bertz CT molecular complexity index is 891. The zero-order valence-corrected chi connectivity index (χ0v) is 16.8. The average Bonchev–Trinajstić information content (AvgIpc) is 2.92. The summed E-state index contributed by atoms with van der Waals surface area (Å²) in [6.07, 6.45) is 3.85. The highest BCUT2D eigenvalue weighted by Crippen LogP contribution is 2.29. The molecule has 9 heteroatoms. The van der Waals surface area contributed by atoms with Crippen molar-refractivity contribution in [2.45, 2.75) is 39.0 Å². The summed E-state index contributed by atoms with van der Waals surface area (Å²) in [5.41, 5.74) is 1.34. The maximum absolute atomic E-state index is 12.7. The molecule has 1 aromatic heterocycles. The molecule has 0 unspecified atom stereocenters. The largest absolute Gasteiger partial charge is 0.487 e. The van der Waals surface area contributed by atoms with Crippen LogP contribution >= 0.6 is 28.3 Å². The number of nitrogens with one attached hydrogen (secondary N) is 1. The Hall–Kier alpha value is -2.00. The van der Waals surface area contributed by atoms with Crippen molar-refractivity contribution < 1.29 is 14.5 Å². The van der Waals surface area contributed by atoms with E-state index < -0.39 is 4.92 Å². The van der Waals surface area contributed by atoms with Crippen molar-refractivity contribution in [2.75, 3.05) is 6.61 Å². The van der Waals surface area contributed by atoms with Gasteiger partial charge in [0.15, 0.2) is 10.6 Å². The molecule has 1 N–H and O–H groups in total. The Labute approximate surface area is 165 Å². The van der Waals surface area contributed by atoms with Crippen LogP contribution in [0.3, 0.4) is 0 Å². The van der Waals surface area contributed by atoms with E-state index in [2.05, 4.69) is 0 Å². The normalized spacial score (nSPS) is 12.8. The molecule has 140 valence electrons. The summed E-state index contributed by atoms with van der Waals surface area (Å²) in [6, 6.07) is 4.57. The Kier molecular flexibility index (Phi) is 6.71. The first kappa shape index (κ1) is 20.3. The number of benzene rings is 1. The van der Waals surface area contributed by atoms with Crippen LogP contribution in [0, 0.1) is 15.5 Å². The first-order chi connectivity index (χ1) is 12.0. The van der Waals surface area contributed by atoms with E-state index in [0.29, 0.717) is 12.2 Å². The number of nitro groups is 1. The lowest BCUT2D eigenvalue weighted by Gasteiger charge is -2.13. The molecular weight excluding hydrogens is 422 g/mol. The zero-order chi connectivity index (χ0) is 18.0. The third kappa shape index (κ3) is 4.04. The Balaban J connectivity index is 0.00000243. The van der Waals surface area contributed by atoms with E-state index in [4.69, 9.17) is 10.1 Å². The van der Waals surface area contributed by atoms with E-state index in [0.717, 1.165) is 36.3 Å². The van der Waals surface area contributed by atoms with Gasteiger partial charge in [-0.3, -0.25) is 24.9 Å².